The molecule has 1 atom stereocenters. The third-order valence-corrected chi connectivity index (χ3v) is 5.15. The summed E-state index contributed by atoms with van der Waals surface area (Å²) >= 11 is 0. The molecule has 2 aliphatic rings. The molecular formula is C19H31IN4O2. The Morgan fingerprint density at radius 1 is 1.15 bits per heavy atom. The minimum absolute atomic E-state index is 0. The fraction of sp³-hybridized carbons (Fsp3) is 0.632. The Balaban J connectivity index is 0.00000243. The lowest BCUT2D eigenvalue weighted by Crippen LogP contribution is -2.53. The van der Waals surface area contributed by atoms with Gasteiger partial charge in [-0.1, -0.05) is 30.3 Å². The lowest BCUT2D eigenvalue weighted by atomic mass is 9.88. The SMILES string of the molecule is CC(NC1(CN=C(N)N2CCOCC2)CCOCC1)c1ccccc1.I. The number of rotatable bonds is 5. The van der Waals surface area contributed by atoms with Crippen LogP contribution in [0.1, 0.15) is 31.4 Å². The summed E-state index contributed by atoms with van der Waals surface area (Å²) in [6.07, 6.45) is 1.90. The van der Waals surface area contributed by atoms with Crippen molar-refractivity contribution in [3.8, 4) is 0 Å². The van der Waals surface area contributed by atoms with Gasteiger partial charge in [-0.05, 0) is 25.3 Å². The molecule has 7 heteroatoms. The molecule has 0 bridgehead atoms. The van der Waals surface area contributed by atoms with Crippen molar-refractivity contribution in [3.05, 3.63) is 35.9 Å². The van der Waals surface area contributed by atoms with Crippen molar-refractivity contribution >= 4 is 29.9 Å². The molecule has 1 aromatic rings. The van der Waals surface area contributed by atoms with Crippen molar-refractivity contribution in [2.75, 3.05) is 46.1 Å². The van der Waals surface area contributed by atoms with E-state index in [0.717, 1.165) is 52.4 Å². The monoisotopic (exact) mass is 474 g/mol. The Labute approximate surface area is 173 Å². The molecule has 2 fully saturated rings. The largest absolute Gasteiger partial charge is 0.381 e. The van der Waals surface area contributed by atoms with Gasteiger partial charge in [0.2, 0.25) is 0 Å². The minimum atomic E-state index is -0.0651. The zero-order chi connectivity index (χ0) is 17.5. The van der Waals surface area contributed by atoms with Crippen LogP contribution in [0.3, 0.4) is 0 Å². The highest BCUT2D eigenvalue weighted by Crippen LogP contribution is 2.26. The van der Waals surface area contributed by atoms with Crippen LogP contribution in [0.5, 0.6) is 0 Å². The maximum absolute atomic E-state index is 6.23. The molecule has 2 saturated heterocycles. The first-order valence-electron chi connectivity index (χ1n) is 9.22. The summed E-state index contributed by atoms with van der Waals surface area (Å²) in [6, 6.07) is 10.8. The Hall–Kier alpha value is -0.900. The van der Waals surface area contributed by atoms with Crippen LogP contribution in [0.2, 0.25) is 0 Å². The molecule has 0 aromatic heterocycles. The van der Waals surface area contributed by atoms with Crippen LogP contribution >= 0.6 is 24.0 Å². The third kappa shape index (κ3) is 5.80. The predicted molar refractivity (Wildman–Crippen MR) is 115 cm³/mol. The van der Waals surface area contributed by atoms with Gasteiger partial charge in [-0.3, -0.25) is 4.99 Å². The maximum Gasteiger partial charge on any atom is 0.191 e. The van der Waals surface area contributed by atoms with Crippen LogP contribution in [-0.4, -0.2) is 62.5 Å². The van der Waals surface area contributed by atoms with Crippen LogP contribution in [0.15, 0.2) is 35.3 Å². The molecule has 146 valence electrons. The van der Waals surface area contributed by atoms with Crippen molar-refractivity contribution in [1.29, 1.82) is 0 Å². The van der Waals surface area contributed by atoms with Crippen LogP contribution in [0.25, 0.3) is 0 Å². The second-order valence-electron chi connectivity index (χ2n) is 6.94. The summed E-state index contributed by atoms with van der Waals surface area (Å²) in [5.41, 5.74) is 7.45. The average molecular weight is 474 g/mol. The number of hydrogen-bond donors (Lipinski definition) is 2. The second kappa shape index (κ2) is 10.4. The van der Waals surface area contributed by atoms with Crippen LogP contribution in [-0.2, 0) is 9.47 Å². The fourth-order valence-corrected chi connectivity index (χ4v) is 3.52. The first-order chi connectivity index (χ1) is 12.2. The molecule has 0 radical (unpaired) electrons. The highest BCUT2D eigenvalue weighted by atomic mass is 127. The molecule has 2 aliphatic heterocycles. The van der Waals surface area contributed by atoms with E-state index in [0.29, 0.717) is 12.5 Å². The Bertz CT molecular complexity index is 558. The molecular weight excluding hydrogens is 443 g/mol. The highest BCUT2D eigenvalue weighted by Gasteiger charge is 2.34. The van der Waals surface area contributed by atoms with E-state index in [4.69, 9.17) is 20.2 Å². The van der Waals surface area contributed by atoms with Gasteiger partial charge in [0, 0.05) is 37.9 Å². The van der Waals surface area contributed by atoms with E-state index in [2.05, 4.69) is 41.4 Å². The van der Waals surface area contributed by atoms with E-state index in [1.807, 2.05) is 6.07 Å². The molecule has 2 heterocycles. The minimum Gasteiger partial charge on any atom is -0.381 e. The molecule has 1 aromatic carbocycles. The molecule has 6 nitrogen and oxygen atoms in total. The Morgan fingerprint density at radius 3 is 2.42 bits per heavy atom. The number of hydrogen-bond acceptors (Lipinski definition) is 4. The standard InChI is InChI=1S/C19H30N4O2.HI/c1-16(17-5-3-2-4-6-17)22-19(7-11-24-12-8-19)15-21-18(20)23-9-13-25-14-10-23;/h2-6,16,22H,7-15H2,1H3,(H2,20,21);1H. The van der Waals surface area contributed by atoms with Gasteiger partial charge in [-0.15, -0.1) is 24.0 Å². The van der Waals surface area contributed by atoms with Gasteiger partial charge >= 0.3 is 0 Å². The Kier molecular flexibility index (Phi) is 8.59. The predicted octanol–water partition coefficient (Wildman–Crippen LogP) is 2.15. The number of aliphatic imine (C=N–C) groups is 1. The molecule has 3 rings (SSSR count). The number of guanidine groups is 1. The fourth-order valence-electron chi connectivity index (χ4n) is 3.52. The quantitative estimate of drug-likeness (QED) is 0.389. The van der Waals surface area contributed by atoms with Gasteiger partial charge in [0.15, 0.2) is 5.96 Å². The molecule has 0 spiro atoms. The first kappa shape index (κ1) is 21.4. The van der Waals surface area contributed by atoms with Crippen LogP contribution in [0, 0.1) is 0 Å². The lowest BCUT2D eigenvalue weighted by Gasteiger charge is -2.40. The average Bonchev–Trinajstić information content (AvgIpc) is 2.68. The van der Waals surface area contributed by atoms with E-state index in [9.17, 15) is 0 Å². The maximum atomic E-state index is 6.23. The molecule has 26 heavy (non-hydrogen) atoms. The molecule has 1 unspecified atom stereocenters. The van der Waals surface area contributed by atoms with Crippen molar-refractivity contribution in [3.63, 3.8) is 0 Å². The number of morpholine rings is 1. The topological polar surface area (TPSA) is 72.1 Å². The van der Waals surface area contributed by atoms with Crippen molar-refractivity contribution < 1.29 is 9.47 Å². The van der Waals surface area contributed by atoms with Gasteiger partial charge in [-0.2, -0.15) is 0 Å². The normalized spacial score (nSPS) is 21.7. The van der Waals surface area contributed by atoms with E-state index in [-0.39, 0.29) is 35.6 Å². The van der Waals surface area contributed by atoms with E-state index in [1.54, 1.807) is 0 Å². The summed E-state index contributed by atoms with van der Waals surface area (Å²) in [7, 11) is 0. The lowest BCUT2D eigenvalue weighted by molar-refractivity contribution is 0.0371. The van der Waals surface area contributed by atoms with Gasteiger partial charge in [0.1, 0.15) is 0 Å². The molecule has 0 saturated carbocycles. The van der Waals surface area contributed by atoms with Crippen molar-refractivity contribution in [2.45, 2.75) is 31.3 Å². The first-order valence-corrected chi connectivity index (χ1v) is 9.22. The van der Waals surface area contributed by atoms with Gasteiger partial charge in [0.25, 0.3) is 0 Å². The molecule has 0 amide bonds. The zero-order valence-electron chi connectivity index (χ0n) is 15.5. The second-order valence-corrected chi connectivity index (χ2v) is 6.94. The summed E-state index contributed by atoms with van der Waals surface area (Å²) < 4.78 is 11.0. The summed E-state index contributed by atoms with van der Waals surface area (Å²) in [5, 5.41) is 3.82. The zero-order valence-corrected chi connectivity index (χ0v) is 17.9. The number of nitrogens with one attached hydrogen (secondary N) is 1. The van der Waals surface area contributed by atoms with E-state index in [1.165, 1.54) is 5.56 Å². The summed E-state index contributed by atoms with van der Waals surface area (Å²) in [4.78, 5) is 6.85. The number of ether oxygens (including phenoxy) is 2. The Morgan fingerprint density at radius 2 is 1.77 bits per heavy atom. The van der Waals surface area contributed by atoms with Crippen molar-refractivity contribution in [2.24, 2.45) is 10.7 Å². The number of nitrogens with two attached hydrogens (primary N) is 1. The number of nitrogens with zero attached hydrogens (tertiary/aromatic N) is 2. The van der Waals surface area contributed by atoms with E-state index >= 15 is 0 Å². The van der Waals surface area contributed by atoms with Crippen LogP contribution in [0.4, 0.5) is 0 Å². The van der Waals surface area contributed by atoms with E-state index < -0.39 is 0 Å². The summed E-state index contributed by atoms with van der Waals surface area (Å²) in [5.74, 6) is 0.628. The summed E-state index contributed by atoms with van der Waals surface area (Å²) in [6.45, 7) is 7.50. The van der Waals surface area contributed by atoms with Gasteiger partial charge in [0.05, 0.1) is 19.8 Å². The van der Waals surface area contributed by atoms with Crippen LogP contribution < -0.4 is 11.1 Å². The van der Waals surface area contributed by atoms with Gasteiger partial charge in [-0.25, -0.2) is 0 Å². The third-order valence-electron chi connectivity index (χ3n) is 5.15. The van der Waals surface area contributed by atoms with Gasteiger partial charge < -0.3 is 25.4 Å². The smallest absolute Gasteiger partial charge is 0.191 e. The highest BCUT2D eigenvalue weighted by molar-refractivity contribution is 14.0. The molecule has 0 aliphatic carbocycles. The molecule has 3 N–H and O–H groups in total. The number of halogens is 1. The number of benzene rings is 1. The van der Waals surface area contributed by atoms with Crippen molar-refractivity contribution in [1.82, 2.24) is 10.2 Å².